The Kier molecular flexibility index (Phi) is 3.60. The first-order valence-electron chi connectivity index (χ1n) is 6.83. The van der Waals surface area contributed by atoms with Gasteiger partial charge in [0, 0.05) is 17.8 Å². The van der Waals surface area contributed by atoms with Crippen molar-refractivity contribution in [3.05, 3.63) is 66.1 Å². The van der Waals surface area contributed by atoms with Crippen LogP contribution in [-0.2, 0) is 6.54 Å². The number of benzene rings is 2. The molecule has 4 heteroatoms. The predicted molar refractivity (Wildman–Crippen MR) is 84.2 cm³/mol. The number of aromatic nitrogens is 2. The molecule has 0 amide bonds. The summed E-state index contributed by atoms with van der Waals surface area (Å²) in [6.45, 7) is 2.61. The molecule has 21 heavy (non-hydrogen) atoms. The molecular formula is C17H17N3O. The van der Waals surface area contributed by atoms with Gasteiger partial charge in [-0.1, -0.05) is 29.8 Å². The van der Waals surface area contributed by atoms with Crippen LogP contribution in [-0.4, -0.2) is 15.1 Å². The normalized spacial score (nSPS) is 10.5. The zero-order valence-corrected chi connectivity index (χ0v) is 11.8. The number of hydrogen-bond acceptors (Lipinski definition) is 3. The van der Waals surface area contributed by atoms with E-state index in [1.807, 2.05) is 43.3 Å². The Morgan fingerprint density at radius 3 is 2.67 bits per heavy atom. The van der Waals surface area contributed by atoms with Crippen LogP contribution in [0.2, 0.25) is 0 Å². The van der Waals surface area contributed by atoms with Gasteiger partial charge in [0.05, 0.1) is 18.2 Å². The molecule has 0 atom stereocenters. The number of phenols is 1. The first-order chi connectivity index (χ1) is 10.2. The zero-order valence-electron chi connectivity index (χ0n) is 11.8. The van der Waals surface area contributed by atoms with Crippen LogP contribution in [0.4, 0.5) is 5.69 Å². The maximum Gasteiger partial charge on any atom is 0.120 e. The molecule has 106 valence electrons. The molecule has 3 N–H and O–H groups in total. The molecule has 4 nitrogen and oxygen atoms in total. The Hall–Kier alpha value is -2.75. The number of anilines is 1. The maximum atomic E-state index is 9.83. The molecule has 0 aliphatic carbocycles. The summed E-state index contributed by atoms with van der Waals surface area (Å²) < 4.78 is 0. The molecule has 0 unspecified atom stereocenters. The summed E-state index contributed by atoms with van der Waals surface area (Å²) in [5.41, 5.74) is 5.14. The zero-order chi connectivity index (χ0) is 14.7. The van der Waals surface area contributed by atoms with Gasteiger partial charge in [0.2, 0.25) is 0 Å². The Bertz CT molecular complexity index is 718. The third kappa shape index (κ3) is 3.05. The van der Waals surface area contributed by atoms with Crippen LogP contribution >= 0.6 is 0 Å². The van der Waals surface area contributed by atoms with Gasteiger partial charge in [-0.25, -0.2) is 4.98 Å². The summed E-state index contributed by atoms with van der Waals surface area (Å²) in [6.07, 6.45) is 3.47. The summed E-state index contributed by atoms with van der Waals surface area (Å²) >= 11 is 0. The summed E-state index contributed by atoms with van der Waals surface area (Å²) in [4.78, 5) is 7.10. The van der Waals surface area contributed by atoms with E-state index in [0.717, 1.165) is 28.1 Å². The number of nitrogens with one attached hydrogen (secondary N) is 2. The summed E-state index contributed by atoms with van der Waals surface area (Å²) in [5.74, 6) is 0.321. The molecule has 0 saturated carbocycles. The van der Waals surface area contributed by atoms with Crippen molar-refractivity contribution in [2.75, 3.05) is 5.32 Å². The number of rotatable bonds is 4. The van der Waals surface area contributed by atoms with Crippen molar-refractivity contribution in [2.45, 2.75) is 13.5 Å². The molecule has 0 spiro atoms. The van der Waals surface area contributed by atoms with Gasteiger partial charge < -0.3 is 15.4 Å². The second-order valence-electron chi connectivity index (χ2n) is 5.03. The lowest BCUT2D eigenvalue weighted by atomic mass is 10.1. The lowest BCUT2D eigenvalue weighted by Gasteiger charge is -2.09. The predicted octanol–water partition coefficient (Wildman–Crippen LogP) is 3.70. The van der Waals surface area contributed by atoms with Crippen molar-refractivity contribution in [1.82, 2.24) is 9.97 Å². The van der Waals surface area contributed by atoms with Crippen molar-refractivity contribution in [3.8, 4) is 17.0 Å². The van der Waals surface area contributed by atoms with E-state index in [0.29, 0.717) is 12.3 Å². The molecule has 1 heterocycles. The Balaban J connectivity index is 1.70. The number of aromatic hydroxyl groups is 1. The molecule has 2 aromatic carbocycles. The Labute approximate surface area is 123 Å². The van der Waals surface area contributed by atoms with Gasteiger partial charge >= 0.3 is 0 Å². The third-order valence-corrected chi connectivity index (χ3v) is 3.41. The van der Waals surface area contributed by atoms with E-state index in [4.69, 9.17) is 0 Å². The molecule has 0 fully saturated rings. The second-order valence-corrected chi connectivity index (χ2v) is 5.03. The van der Waals surface area contributed by atoms with Crippen LogP contribution in [0.15, 0.2) is 55.0 Å². The van der Waals surface area contributed by atoms with Crippen molar-refractivity contribution in [2.24, 2.45) is 0 Å². The molecule has 3 rings (SSSR count). The van der Waals surface area contributed by atoms with Gasteiger partial charge in [0.15, 0.2) is 0 Å². The quantitative estimate of drug-likeness (QED) is 0.682. The van der Waals surface area contributed by atoms with Crippen LogP contribution in [0.3, 0.4) is 0 Å². The number of H-pyrrole nitrogens is 1. The van der Waals surface area contributed by atoms with Gasteiger partial charge in [0.1, 0.15) is 5.75 Å². The van der Waals surface area contributed by atoms with E-state index in [1.165, 1.54) is 0 Å². The molecule has 0 radical (unpaired) electrons. The minimum absolute atomic E-state index is 0.321. The standard InChI is InChI=1S/C17H17N3O/c1-12-2-7-17(21)14(8-12)9-19-15-5-3-13(4-6-15)16-10-18-11-20-16/h2-8,10-11,19,21H,9H2,1H3,(H,18,20). The van der Waals surface area contributed by atoms with Crippen molar-refractivity contribution in [3.63, 3.8) is 0 Å². The van der Waals surface area contributed by atoms with E-state index in [9.17, 15) is 5.11 Å². The second kappa shape index (κ2) is 5.71. The van der Waals surface area contributed by atoms with Crippen LogP contribution in [0.25, 0.3) is 11.3 Å². The highest BCUT2D eigenvalue weighted by molar-refractivity contribution is 5.62. The molecule has 1 aromatic heterocycles. The fourth-order valence-corrected chi connectivity index (χ4v) is 2.23. The molecule has 0 bridgehead atoms. The van der Waals surface area contributed by atoms with E-state index >= 15 is 0 Å². The number of nitrogens with zero attached hydrogens (tertiary/aromatic N) is 1. The monoisotopic (exact) mass is 279 g/mol. The number of aryl methyl sites for hydroxylation is 1. The largest absolute Gasteiger partial charge is 0.508 e. The van der Waals surface area contributed by atoms with E-state index in [2.05, 4.69) is 15.3 Å². The van der Waals surface area contributed by atoms with Crippen LogP contribution < -0.4 is 5.32 Å². The SMILES string of the molecule is Cc1ccc(O)c(CNc2ccc(-c3cnc[nH]3)cc2)c1. The molecule has 0 aliphatic heterocycles. The molecule has 3 aromatic rings. The minimum atomic E-state index is 0.321. The fraction of sp³-hybridized carbons (Fsp3) is 0.118. The van der Waals surface area contributed by atoms with Crippen molar-refractivity contribution < 1.29 is 5.11 Å². The average Bonchev–Trinajstić information content (AvgIpc) is 3.03. The lowest BCUT2D eigenvalue weighted by Crippen LogP contribution is -2.00. The van der Waals surface area contributed by atoms with E-state index < -0.39 is 0 Å². The molecule has 0 saturated heterocycles. The summed E-state index contributed by atoms with van der Waals surface area (Å²) in [6, 6.07) is 13.7. The average molecular weight is 279 g/mol. The van der Waals surface area contributed by atoms with Gasteiger partial charge in [-0.3, -0.25) is 0 Å². The highest BCUT2D eigenvalue weighted by atomic mass is 16.3. The first-order valence-corrected chi connectivity index (χ1v) is 6.83. The highest BCUT2D eigenvalue weighted by Crippen LogP contribution is 2.22. The Morgan fingerprint density at radius 1 is 1.14 bits per heavy atom. The fourth-order valence-electron chi connectivity index (χ4n) is 2.23. The van der Waals surface area contributed by atoms with Gasteiger partial charge in [0.25, 0.3) is 0 Å². The first kappa shape index (κ1) is 13.2. The highest BCUT2D eigenvalue weighted by Gasteiger charge is 2.02. The van der Waals surface area contributed by atoms with E-state index in [-0.39, 0.29) is 0 Å². The van der Waals surface area contributed by atoms with Crippen LogP contribution in [0.5, 0.6) is 5.75 Å². The molecule has 0 aliphatic rings. The number of hydrogen-bond donors (Lipinski definition) is 3. The van der Waals surface area contributed by atoms with Gasteiger partial charge in [-0.2, -0.15) is 0 Å². The number of imidazole rings is 1. The topological polar surface area (TPSA) is 60.9 Å². The van der Waals surface area contributed by atoms with Crippen molar-refractivity contribution >= 4 is 5.69 Å². The van der Waals surface area contributed by atoms with Gasteiger partial charge in [-0.05, 0) is 30.7 Å². The Morgan fingerprint density at radius 2 is 1.95 bits per heavy atom. The molecular weight excluding hydrogens is 262 g/mol. The number of aromatic amines is 1. The third-order valence-electron chi connectivity index (χ3n) is 3.41. The number of phenolic OH excluding ortho intramolecular Hbond substituents is 1. The van der Waals surface area contributed by atoms with Crippen LogP contribution in [0.1, 0.15) is 11.1 Å². The summed E-state index contributed by atoms with van der Waals surface area (Å²) in [7, 11) is 0. The van der Waals surface area contributed by atoms with Crippen LogP contribution in [0, 0.1) is 6.92 Å². The smallest absolute Gasteiger partial charge is 0.120 e. The van der Waals surface area contributed by atoms with Gasteiger partial charge in [-0.15, -0.1) is 0 Å². The lowest BCUT2D eigenvalue weighted by molar-refractivity contribution is 0.469. The maximum absolute atomic E-state index is 9.83. The van der Waals surface area contributed by atoms with Crippen molar-refractivity contribution in [1.29, 1.82) is 0 Å². The minimum Gasteiger partial charge on any atom is -0.508 e. The summed E-state index contributed by atoms with van der Waals surface area (Å²) in [5, 5.41) is 13.1. The van der Waals surface area contributed by atoms with E-state index in [1.54, 1.807) is 18.6 Å².